The minimum atomic E-state index is -0.365. The molecule has 6 heteroatoms. The van der Waals surface area contributed by atoms with Crippen LogP contribution in [-0.4, -0.2) is 28.3 Å². The number of pyridine rings is 1. The highest BCUT2D eigenvalue weighted by molar-refractivity contribution is 5.94. The largest absolute Gasteiger partial charge is 0.481 e. The Balaban J connectivity index is 1.31. The molecule has 1 amide bonds. The topological polar surface area (TPSA) is 68.5 Å². The van der Waals surface area contributed by atoms with Gasteiger partial charge in [0.15, 0.2) is 6.61 Å². The first-order valence-electron chi connectivity index (χ1n) is 13.0. The molecule has 0 fully saturated rings. The van der Waals surface area contributed by atoms with Gasteiger partial charge in [0, 0.05) is 22.8 Å². The van der Waals surface area contributed by atoms with Crippen LogP contribution in [0.3, 0.4) is 0 Å². The number of para-hydroxylation sites is 2. The zero-order valence-corrected chi connectivity index (χ0v) is 21.6. The molecule has 0 spiro atoms. The minimum absolute atomic E-state index is 0.182. The van der Waals surface area contributed by atoms with Crippen LogP contribution in [0.4, 0.5) is 0 Å². The van der Waals surface area contributed by atoms with Gasteiger partial charge in [-0.3, -0.25) is 9.78 Å². The Labute approximate surface area is 232 Å². The standard InChI is InChI=1S/C34H26N4O2/c39-32(24-40-31-20-10-16-26-17-11-21-35-33(26)31)37-36-23-28-22-30(25-12-4-1-5-13-25)38(29-18-8-3-9-19-29)34(28)27-14-6-2-7-15-27/h1-23H,24H2,(H,37,39)/b36-23-. The number of ether oxygens (including phenoxy) is 1. The maximum Gasteiger partial charge on any atom is 0.277 e. The molecule has 0 saturated carbocycles. The summed E-state index contributed by atoms with van der Waals surface area (Å²) in [6, 6.07) is 42.2. The third-order valence-corrected chi connectivity index (χ3v) is 6.51. The molecule has 1 N–H and O–H groups in total. The van der Waals surface area contributed by atoms with Crippen molar-refractivity contribution >= 4 is 23.0 Å². The molecule has 0 bridgehead atoms. The summed E-state index contributed by atoms with van der Waals surface area (Å²) in [4.78, 5) is 17.0. The van der Waals surface area contributed by atoms with Gasteiger partial charge in [0.1, 0.15) is 11.3 Å². The van der Waals surface area contributed by atoms with E-state index >= 15 is 0 Å². The van der Waals surface area contributed by atoms with Crippen LogP contribution in [-0.2, 0) is 4.79 Å². The second-order valence-corrected chi connectivity index (χ2v) is 9.15. The number of nitrogens with zero attached hydrogens (tertiary/aromatic N) is 3. The molecule has 40 heavy (non-hydrogen) atoms. The third kappa shape index (κ3) is 5.24. The normalized spacial score (nSPS) is 11.1. The highest BCUT2D eigenvalue weighted by Crippen LogP contribution is 2.35. The molecule has 0 aliphatic heterocycles. The molecule has 0 unspecified atom stereocenters. The summed E-state index contributed by atoms with van der Waals surface area (Å²) >= 11 is 0. The summed E-state index contributed by atoms with van der Waals surface area (Å²) < 4.78 is 7.99. The van der Waals surface area contributed by atoms with Crippen molar-refractivity contribution in [3.63, 3.8) is 0 Å². The lowest BCUT2D eigenvalue weighted by molar-refractivity contribution is -0.123. The Bertz CT molecular complexity index is 1770. The molecule has 6 rings (SSSR count). The van der Waals surface area contributed by atoms with Gasteiger partial charge in [-0.1, -0.05) is 97.1 Å². The Kier molecular flexibility index (Phi) is 7.13. The zero-order valence-electron chi connectivity index (χ0n) is 21.6. The number of hydrogen-bond acceptors (Lipinski definition) is 4. The SMILES string of the molecule is O=C(COc1cccc2cccnc12)N/N=C\c1cc(-c2ccccc2)n(-c2ccccc2)c1-c1ccccc1. The van der Waals surface area contributed by atoms with Crippen LogP contribution < -0.4 is 10.2 Å². The summed E-state index contributed by atoms with van der Waals surface area (Å²) in [5, 5.41) is 5.26. The fourth-order valence-electron chi connectivity index (χ4n) is 4.73. The van der Waals surface area contributed by atoms with E-state index in [-0.39, 0.29) is 12.5 Å². The van der Waals surface area contributed by atoms with E-state index in [1.54, 1.807) is 18.5 Å². The average molecular weight is 523 g/mol. The van der Waals surface area contributed by atoms with E-state index in [9.17, 15) is 4.79 Å². The fraction of sp³-hybridized carbons (Fsp3) is 0.0294. The van der Waals surface area contributed by atoms with E-state index in [1.807, 2.05) is 78.9 Å². The van der Waals surface area contributed by atoms with Crippen molar-refractivity contribution in [1.29, 1.82) is 0 Å². The first kappa shape index (κ1) is 24.8. The van der Waals surface area contributed by atoms with Gasteiger partial charge in [0.25, 0.3) is 5.91 Å². The monoisotopic (exact) mass is 522 g/mol. The van der Waals surface area contributed by atoms with E-state index in [4.69, 9.17) is 4.74 Å². The number of hydrazone groups is 1. The number of fused-ring (bicyclic) bond motifs is 1. The third-order valence-electron chi connectivity index (χ3n) is 6.51. The molecular weight excluding hydrogens is 496 g/mol. The van der Waals surface area contributed by atoms with E-state index in [0.717, 1.165) is 39.2 Å². The van der Waals surface area contributed by atoms with Crippen LogP contribution in [0.15, 0.2) is 139 Å². The molecule has 0 aliphatic carbocycles. The van der Waals surface area contributed by atoms with Gasteiger partial charge in [-0.25, -0.2) is 5.43 Å². The summed E-state index contributed by atoms with van der Waals surface area (Å²) in [6.07, 6.45) is 3.39. The number of aromatic nitrogens is 2. The number of amides is 1. The number of carbonyl (C=O) groups excluding carboxylic acids is 1. The van der Waals surface area contributed by atoms with Crippen LogP contribution in [0, 0.1) is 0 Å². The predicted octanol–water partition coefficient (Wildman–Crippen LogP) is 6.89. The first-order valence-corrected chi connectivity index (χ1v) is 13.0. The number of carbonyl (C=O) groups is 1. The average Bonchev–Trinajstić information content (AvgIpc) is 3.40. The van der Waals surface area contributed by atoms with Crippen LogP contribution in [0.2, 0.25) is 0 Å². The van der Waals surface area contributed by atoms with Crippen molar-refractivity contribution in [2.24, 2.45) is 5.10 Å². The van der Waals surface area contributed by atoms with Crippen molar-refractivity contribution in [3.8, 4) is 34.0 Å². The van der Waals surface area contributed by atoms with Gasteiger partial charge in [0.05, 0.1) is 17.6 Å². The lowest BCUT2D eigenvalue weighted by Gasteiger charge is -2.15. The molecule has 6 aromatic rings. The molecule has 4 aromatic carbocycles. The molecule has 0 aliphatic rings. The van der Waals surface area contributed by atoms with Gasteiger partial charge >= 0.3 is 0 Å². The summed E-state index contributed by atoms with van der Waals surface area (Å²) in [5.74, 6) is 0.187. The van der Waals surface area contributed by atoms with Gasteiger partial charge in [-0.05, 0) is 41.5 Å². The molecule has 6 nitrogen and oxygen atoms in total. The summed E-state index contributed by atoms with van der Waals surface area (Å²) in [7, 11) is 0. The molecule has 2 aromatic heterocycles. The second kappa shape index (κ2) is 11.5. The van der Waals surface area contributed by atoms with Crippen LogP contribution in [0.25, 0.3) is 39.1 Å². The van der Waals surface area contributed by atoms with E-state index < -0.39 is 0 Å². The van der Waals surface area contributed by atoms with Crippen molar-refractivity contribution in [1.82, 2.24) is 15.0 Å². The van der Waals surface area contributed by atoms with Crippen molar-refractivity contribution in [2.75, 3.05) is 6.61 Å². The summed E-state index contributed by atoms with van der Waals surface area (Å²) in [6.45, 7) is -0.182. The lowest BCUT2D eigenvalue weighted by Crippen LogP contribution is -2.24. The Morgan fingerprint density at radius 3 is 2.23 bits per heavy atom. The van der Waals surface area contributed by atoms with E-state index in [2.05, 4.69) is 62.5 Å². The quantitative estimate of drug-likeness (QED) is 0.175. The lowest BCUT2D eigenvalue weighted by atomic mass is 10.1. The molecule has 0 saturated heterocycles. The van der Waals surface area contributed by atoms with Gasteiger partial charge in [-0.15, -0.1) is 0 Å². The second-order valence-electron chi connectivity index (χ2n) is 9.15. The van der Waals surface area contributed by atoms with Crippen molar-refractivity contribution in [3.05, 3.63) is 139 Å². The highest BCUT2D eigenvalue weighted by Gasteiger charge is 2.18. The molecule has 0 atom stereocenters. The predicted molar refractivity (Wildman–Crippen MR) is 160 cm³/mol. The Hall–Kier alpha value is -5.49. The first-order chi connectivity index (χ1) is 19.8. The van der Waals surface area contributed by atoms with Gasteiger partial charge in [-0.2, -0.15) is 5.10 Å². The number of hydrogen-bond donors (Lipinski definition) is 1. The van der Waals surface area contributed by atoms with E-state index in [1.165, 1.54) is 0 Å². The molecule has 2 heterocycles. The molecular formula is C34H26N4O2. The van der Waals surface area contributed by atoms with E-state index in [0.29, 0.717) is 11.3 Å². The van der Waals surface area contributed by atoms with Gasteiger partial charge < -0.3 is 9.30 Å². The summed E-state index contributed by atoms with van der Waals surface area (Å²) in [5.41, 5.74) is 9.32. The van der Waals surface area contributed by atoms with Gasteiger partial charge in [0.2, 0.25) is 0 Å². The highest BCUT2D eigenvalue weighted by atomic mass is 16.5. The molecule has 194 valence electrons. The minimum Gasteiger partial charge on any atom is -0.481 e. The molecule has 0 radical (unpaired) electrons. The number of rotatable bonds is 8. The zero-order chi connectivity index (χ0) is 27.1. The Morgan fingerprint density at radius 1 is 0.800 bits per heavy atom. The smallest absolute Gasteiger partial charge is 0.277 e. The van der Waals surface area contributed by atoms with Crippen molar-refractivity contribution < 1.29 is 9.53 Å². The number of benzene rings is 4. The van der Waals surface area contributed by atoms with Crippen molar-refractivity contribution in [2.45, 2.75) is 0 Å². The number of nitrogens with one attached hydrogen (secondary N) is 1. The van der Waals surface area contributed by atoms with Crippen LogP contribution >= 0.6 is 0 Å². The Morgan fingerprint density at radius 2 is 1.48 bits per heavy atom. The van der Waals surface area contributed by atoms with Crippen LogP contribution in [0.1, 0.15) is 5.56 Å². The maximum absolute atomic E-state index is 12.6. The maximum atomic E-state index is 12.6. The fourth-order valence-corrected chi connectivity index (χ4v) is 4.73. The van der Waals surface area contributed by atoms with Crippen LogP contribution in [0.5, 0.6) is 5.75 Å².